The Morgan fingerprint density at radius 1 is 0.324 bits per heavy atom. The number of hydrogen-bond donors (Lipinski definition) is 6. The second-order valence-corrected chi connectivity index (χ2v) is 32.9. The molecule has 24 nitrogen and oxygen atoms in total. The van der Waals surface area contributed by atoms with Crippen LogP contribution >= 0.6 is 0 Å². The second-order valence-electron chi connectivity index (χ2n) is 24.4. The van der Waals surface area contributed by atoms with E-state index < -0.39 is 101 Å². The number of pyridine rings is 2. The van der Waals surface area contributed by atoms with E-state index in [1.54, 1.807) is 77.4 Å². The highest BCUT2D eigenvalue weighted by molar-refractivity contribution is 7.87. The number of aromatic nitrogens is 2. The maximum Gasteiger partial charge on any atom is 0.294 e. The van der Waals surface area contributed by atoms with Crippen molar-refractivity contribution in [1.82, 2.24) is 9.13 Å². The Hall–Kier alpha value is -10.3. The molecule has 13 aromatic rings. The average Bonchev–Trinajstić information content (AvgIpc) is 0.686. The summed E-state index contributed by atoms with van der Waals surface area (Å²) in [4.78, 5) is 29.0. The van der Waals surface area contributed by atoms with Gasteiger partial charge in [0.15, 0.2) is 5.75 Å². The smallest absolute Gasteiger partial charge is 0.294 e. The lowest BCUT2D eigenvalue weighted by molar-refractivity contribution is 0.479. The van der Waals surface area contributed by atoms with Crippen molar-refractivity contribution in [3.63, 3.8) is 0 Å². The molecule has 0 fully saturated rings. The van der Waals surface area contributed by atoms with Gasteiger partial charge in [0.1, 0.15) is 17.2 Å². The van der Waals surface area contributed by atoms with Gasteiger partial charge in [0.25, 0.3) is 71.8 Å². The van der Waals surface area contributed by atoms with Gasteiger partial charge in [-0.15, -0.1) is 0 Å². The number of hydrogen-bond acceptors (Lipinski definition) is 16. The molecule has 102 heavy (non-hydrogen) atoms. The highest BCUT2D eigenvalue weighted by Gasteiger charge is 2.33. The highest BCUT2D eigenvalue weighted by Crippen LogP contribution is 2.53. The summed E-state index contributed by atoms with van der Waals surface area (Å²) in [6.07, 6.45) is 0. The van der Waals surface area contributed by atoms with Gasteiger partial charge in [0.2, 0.25) is 0 Å². The van der Waals surface area contributed by atoms with Crippen LogP contribution in [0.1, 0.15) is 50.7 Å². The zero-order chi connectivity index (χ0) is 73.2. The lowest BCUT2D eigenvalue weighted by atomic mass is 9.91. The summed E-state index contributed by atoms with van der Waals surface area (Å²) in [5, 5.41) is -0.0480. The standard InChI is InChI=1S/C72H54N2O22S6/c1-39(2)52-14-10-15-53(40(3)4)67(52)74-71(75)59-37-62(95-69-55(41-17-25-46(26-18-41)97(77,78)79)33-50(101(89,90)91)34-56(69)42-19-27-47(28-20-42)98(80,81)82)65-54-13-8-9-16-61(54)73(45-11-6-5-7-12-45)68-63(38-60(72(74)76)64(59)66(65)68)96-70-57(43-21-29-48(30-22-43)99(83,84)85)35-51(102(92,93)94)36-58(70)44-23-31-49(32-24-44)100(86,87)88/h5-40H,1-4H3,(H,77,78,79)(H,80,81,82)(H,83,84,85)(H,86,87,88)(H,89,90,91)(H,92,93,94). The monoisotopic (exact) mass is 1490 g/mol. The molecule has 0 radical (unpaired) electrons. The van der Waals surface area contributed by atoms with Crippen molar-refractivity contribution in [2.75, 3.05) is 0 Å². The average molecular weight is 1490 g/mol. The molecular formula is C72H54N2O22S6. The quantitative estimate of drug-likeness (QED) is 0.0264. The Morgan fingerprint density at radius 3 is 1.01 bits per heavy atom. The summed E-state index contributed by atoms with van der Waals surface area (Å²) in [6, 6.07) is 44.6. The minimum atomic E-state index is -5.25. The van der Waals surface area contributed by atoms with Crippen LogP contribution in [0.2, 0.25) is 0 Å². The molecule has 0 aliphatic heterocycles. The zero-order valence-electron chi connectivity index (χ0n) is 53.3. The fourth-order valence-corrected chi connectivity index (χ4v) is 15.7. The third-order valence-corrected chi connectivity index (χ3v) is 22.5. The fourth-order valence-electron chi connectivity index (χ4n) is 12.7. The fraction of sp³-hybridized carbons (Fsp3) is 0.0833. The second kappa shape index (κ2) is 25.3. The lowest BCUT2D eigenvalue weighted by Crippen LogP contribution is -2.34. The van der Waals surface area contributed by atoms with Gasteiger partial charge in [-0.3, -0.25) is 36.9 Å². The normalized spacial score (nSPS) is 12.7. The SMILES string of the molecule is CC(C)c1cccc(C(C)C)c1-n1c(=O)c2cc(Oc3c(-c4ccc(S(=O)(=O)O)cc4)cc(S(=O)(=O)O)cc3-c3ccc(S(=O)(=O)O)cc3)c3c4ccccc4n(-c4ccccc4)c4c(Oc5c(-c6ccc(S(=O)(=O)O)cc6)cc(S(=O)(=O)O)cc5-c5ccc(S(=O)(=O)O)cc5)cc(c1=O)c2c34. The molecule has 520 valence electrons. The van der Waals surface area contributed by atoms with Crippen molar-refractivity contribution in [1.29, 1.82) is 0 Å². The van der Waals surface area contributed by atoms with Crippen LogP contribution in [-0.2, 0) is 60.7 Å². The van der Waals surface area contributed by atoms with Gasteiger partial charge in [-0.05, 0) is 148 Å². The molecule has 0 spiro atoms. The van der Waals surface area contributed by atoms with E-state index in [9.17, 15) is 77.8 Å². The van der Waals surface area contributed by atoms with Crippen molar-refractivity contribution in [3.8, 4) is 78.9 Å². The van der Waals surface area contributed by atoms with Crippen LogP contribution < -0.4 is 20.6 Å². The van der Waals surface area contributed by atoms with Crippen LogP contribution in [-0.4, -0.2) is 87.0 Å². The Bertz CT molecular complexity index is 6300. The summed E-state index contributed by atoms with van der Waals surface area (Å²) in [5.74, 6) is -1.93. The Kier molecular flexibility index (Phi) is 17.4. The molecule has 0 atom stereocenters. The number of para-hydroxylation sites is 3. The molecule has 30 heteroatoms. The third-order valence-electron chi connectivity index (χ3n) is 17.4. The van der Waals surface area contributed by atoms with Gasteiger partial charge in [0.05, 0.1) is 56.9 Å². The summed E-state index contributed by atoms with van der Waals surface area (Å²) in [7, 11) is -30.0. The van der Waals surface area contributed by atoms with E-state index in [1.807, 2.05) is 27.7 Å². The molecular weight excluding hydrogens is 1440 g/mol. The molecule has 0 unspecified atom stereocenters. The van der Waals surface area contributed by atoms with Gasteiger partial charge >= 0.3 is 0 Å². The summed E-state index contributed by atoms with van der Waals surface area (Å²) in [6.45, 7) is 7.44. The molecule has 0 saturated carbocycles. The maximum absolute atomic E-state index is 16.5. The first-order chi connectivity index (χ1) is 47.9. The molecule has 0 aliphatic rings. The number of rotatable bonds is 18. The molecule has 2 heterocycles. The van der Waals surface area contributed by atoms with E-state index in [-0.39, 0.29) is 117 Å². The molecule has 0 amide bonds. The minimum absolute atomic E-state index is 0.00261. The minimum Gasteiger partial charge on any atom is -0.455 e. The van der Waals surface area contributed by atoms with E-state index in [4.69, 9.17) is 9.47 Å². The van der Waals surface area contributed by atoms with Crippen molar-refractivity contribution in [2.24, 2.45) is 0 Å². The molecule has 0 aliphatic carbocycles. The first-order valence-electron chi connectivity index (χ1n) is 30.5. The van der Waals surface area contributed by atoms with Crippen molar-refractivity contribution >= 4 is 104 Å². The van der Waals surface area contributed by atoms with Crippen LogP contribution in [0.4, 0.5) is 0 Å². The molecule has 6 N–H and O–H groups in total. The maximum atomic E-state index is 16.5. The van der Waals surface area contributed by atoms with Gasteiger partial charge in [-0.1, -0.05) is 131 Å². The van der Waals surface area contributed by atoms with E-state index in [1.165, 1.54) is 60.7 Å². The van der Waals surface area contributed by atoms with E-state index in [0.29, 0.717) is 27.7 Å². The largest absolute Gasteiger partial charge is 0.455 e. The first-order valence-corrected chi connectivity index (χ1v) is 39.1. The van der Waals surface area contributed by atoms with Gasteiger partial charge < -0.3 is 14.0 Å². The van der Waals surface area contributed by atoms with Gasteiger partial charge in [-0.25, -0.2) is 4.57 Å². The summed E-state index contributed by atoms with van der Waals surface area (Å²) >= 11 is 0. The molecule has 0 saturated heterocycles. The Labute approximate surface area is 582 Å². The molecule has 13 rings (SSSR count). The molecule has 0 bridgehead atoms. The van der Waals surface area contributed by atoms with Crippen molar-refractivity contribution < 1.29 is 87.3 Å². The van der Waals surface area contributed by atoms with Crippen LogP contribution in [0.15, 0.2) is 245 Å². The number of ether oxygens (including phenoxy) is 2. The summed E-state index contributed by atoms with van der Waals surface area (Å²) < 4.78 is 234. The number of fused-ring (bicyclic) bond motifs is 2. The van der Waals surface area contributed by atoms with Crippen LogP contribution in [0.25, 0.3) is 99.2 Å². The van der Waals surface area contributed by atoms with Crippen molar-refractivity contribution in [2.45, 2.75) is 68.9 Å². The van der Waals surface area contributed by atoms with E-state index in [0.717, 1.165) is 77.4 Å². The number of benzene rings is 11. The predicted molar refractivity (Wildman–Crippen MR) is 381 cm³/mol. The van der Waals surface area contributed by atoms with Crippen LogP contribution in [0, 0.1) is 0 Å². The van der Waals surface area contributed by atoms with Crippen molar-refractivity contribution in [3.05, 3.63) is 238 Å². The predicted octanol–water partition coefficient (Wildman–Crippen LogP) is 14.0. The Balaban J connectivity index is 1.27. The zero-order valence-corrected chi connectivity index (χ0v) is 58.2. The van der Waals surface area contributed by atoms with Gasteiger partial charge in [-0.2, -0.15) is 50.5 Å². The van der Waals surface area contributed by atoms with Gasteiger partial charge in [0, 0.05) is 49.5 Å². The van der Waals surface area contributed by atoms with Crippen LogP contribution in [0.5, 0.6) is 23.0 Å². The summed E-state index contributed by atoms with van der Waals surface area (Å²) in [5.41, 5.74) is -0.850. The van der Waals surface area contributed by atoms with E-state index in [2.05, 4.69) is 0 Å². The topological polar surface area (TPSA) is 389 Å². The first kappa shape index (κ1) is 70.1. The van der Waals surface area contributed by atoms with Crippen LogP contribution in [0.3, 0.4) is 0 Å². The number of nitrogens with zero attached hydrogens (tertiary/aromatic N) is 2. The lowest BCUT2D eigenvalue weighted by Gasteiger charge is -2.26. The van der Waals surface area contributed by atoms with E-state index >= 15 is 9.59 Å². The molecule has 11 aromatic carbocycles. The third kappa shape index (κ3) is 12.8. The highest BCUT2D eigenvalue weighted by atomic mass is 32.2. The Morgan fingerprint density at radius 2 is 0.657 bits per heavy atom. The molecule has 2 aromatic heterocycles.